The van der Waals surface area contributed by atoms with Crippen LogP contribution in [0, 0.1) is 0 Å². The number of nitrogens with one attached hydrogen (secondary N) is 1. The normalized spacial score (nSPS) is 14.0. The van der Waals surface area contributed by atoms with Gasteiger partial charge in [0.1, 0.15) is 11.4 Å². The molecule has 0 bridgehead atoms. The standard InChI is InChI=1S/C21H19F2N7O4S/c22-18(23)20-27-26-19(34-20)17-4-2-13(35-17)10-30-11-15(25-28-30)12-1-3-16(31)14(9-12)24-21(32)29-5-7-33-8-6-29/h1-4,9,11,18,31H,5-8,10H2,(H,24,32). The molecule has 0 saturated carbocycles. The number of carbonyl (C=O) groups excluding carboxylic acids is 1. The number of hydrogen-bond donors (Lipinski definition) is 2. The Morgan fingerprint density at radius 1 is 1.17 bits per heavy atom. The molecule has 4 aromatic rings. The third-order valence-corrected chi connectivity index (χ3v) is 6.25. The monoisotopic (exact) mass is 503 g/mol. The lowest BCUT2D eigenvalue weighted by Crippen LogP contribution is -2.43. The van der Waals surface area contributed by atoms with Crippen LogP contribution in [0.15, 0.2) is 40.9 Å². The van der Waals surface area contributed by atoms with Crippen molar-refractivity contribution in [1.82, 2.24) is 30.1 Å². The molecule has 2 N–H and O–H groups in total. The van der Waals surface area contributed by atoms with E-state index in [1.165, 1.54) is 17.4 Å². The summed E-state index contributed by atoms with van der Waals surface area (Å²) < 4.78 is 37.2. The van der Waals surface area contributed by atoms with Crippen LogP contribution >= 0.6 is 11.3 Å². The second-order valence-corrected chi connectivity index (χ2v) is 8.74. The number of phenolic OH excluding ortho intramolecular Hbond substituents is 1. The van der Waals surface area contributed by atoms with Crippen molar-refractivity contribution in [3.05, 3.63) is 47.3 Å². The molecule has 0 atom stereocenters. The van der Waals surface area contributed by atoms with Crippen LogP contribution in [-0.4, -0.2) is 67.5 Å². The van der Waals surface area contributed by atoms with Gasteiger partial charge in [-0.15, -0.1) is 26.6 Å². The summed E-state index contributed by atoms with van der Waals surface area (Å²) in [5.41, 5.74) is 1.46. The number of morpholine rings is 1. The third-order valence-electron chi connectivity index (χ3n) is 5.19. The summed E-state index contributed by atoms with van der Waals surface area (Å²) in [6.45, 7) is 2.28. The van der Waals surface area contributed by atoms with E-state index in [2.05, 4.69) is 25.8 Å². The molecule has 3 aromatic heterocycles. The lowest BCUT2D eigenvalue weighted by Gasteiger charge is -2.27. The molecular weight excluding hydrogens is 484 g/mol. The van der Waals surface area contributed by atoms with Crippen molar-refractivity contribution in [2.45, 2.75) is 13.0 Å². The molecule has 1 aliphatic heterocycles. The summed E-state index contributed by atoms with van der Waals surface area (Å²) in [6, 6.07) is 7.99. The van der Waals surface area contributed by atoms with Gasteiger partial charge in [0.25, 0.3) is 11.8 Å². The first-order valence-electron chi connectivity index (χ1n) is 10.5. The zero-order chi connectivity index (χ0) is 24.4. The van der Waals surface area contributed by atoms with Gasteiger partial charge in [0.05, 0.1) is 36.5 Å². The van der Waals surface area contributed by atoms with Gasteiger partial charge in [0.15, 0.2) is 0 Å². The molecule has 11 nitrogen and oxygen atoms in total. The van der Waals surface area contributed by atoms with Crippen molar-refractivity contribution < 1.29 is 27.8 Å². The lowest BCUT2D eigenvalue weighted by atomic mass is 10.1. The second-order valence-electron chi connectivity index (χ2n) is 7.57. The number of urea groups is 1. The number of hydrogen-bond acceptors (Lipinski definition) is 9. The van der Waals surface area contributed by atoms with E-state index in [-0.39, 0.29) is 23.4 Å². The highest BCUT2D eigenvalue weighted by atomic mass is 32.1. The molecule has 0 aliphatic carbocycles. The van der Waals surface area contributed by atoms with Crippen LogP contribution in [0.4, 0.5) is 19.3 Å². The fourth-order valence-electron chi connectivity index (χ4n) is 3.42. The number of nitrogens with zero attached hydrogens (tertiary/aromatic N) is 6. The largest absolute Gasteiger partial charge is 0.506 e. The highest BCUT2D eigenvalue weighted by Gasteiger charge is 2.20. The minimum atomic E-state index is -2.82. The van der Waals surface area contributed by atoms with E-state index in [9.17, 15) is 18.7 Å². The second kappa shape index (κ2) is 9.76. The molecule has 1 aliphatic rings. The van der Waals surface area contributed by atoms with Crippen LogP contribution in [-0.2, 0) is 11.3 Å². The highest BCUT2D eigenvalue weighted by Crippen LogP contribution is 2.31. The van der Waals surface area contributed by atoms with Gasteiger partial charge < -0.3 is 24.5 Å². The molecule has 2 amide bonds. The van der Waals surface area contributed by atoms with Gasteiger partial charge in [0, 0.05) is 23.5 Å². The number of ether oxygens (including phenoxy) is 1. The zero-order valence-electron chi connectivity index (χ0n) is 18.1. The number of halogens is 2. The van der Waals surface area contributed by atoms with E-state index in [1.54, 1.807) is 34.0 Å². The van der Waals surface area contributed by atoms with Gasteiger partial charge >= 0.3 is 12.5 Å². The van der Waals surface area contributed by atoms with Crippen LogP contribution in [0.1, 0.15) is 17.2 Å². The number of phenols is 1. The molecule has 5 rings (SSSR count). The average Bonchev–Trinajstić information content (AvgIpc) is 3.62. The maximum absolute atomic E-state index is 12.7. The summed E-state index contributed by atoms with van der Waals surface area (Å²) in [4.78, 5) is 15.5. The van der Waals surface area contributed by atoms with Crippen molar-refractivity contribution in [1.29, 1.82) is 0 Å². The first kappa shape index (κ1) is 22.9. The number of alkyl halides is 2. The molecule has 1 aromatic carbocycles. The van der Waals surface area contributed by atoms with Crippen LogP contribution in [0.25, 0.3) is 22.0 Å². The van der Waals surface area contributed by atoms with Gasteiger partial charge in [-0.2, -0.15) is 8.78 Å². The van der Waals surface area contributed by atoms with Crippen molar-refractivity contribution >= 4 is 23.1 Å². The maximum atomic E-state index is 12.7. The molecule has 182 valence electrons. The van der Waals surface area contributed by atoms with E-state index in [4.69, 9.17) is 9.15 Å². The molecule has 35 heavy (non-hydrogen) atoms. The highest BCUT2D eigenvalue weighted by molar-refractivity contribution is 7.15. The summed E-state index contributed by atoms with van der Waals surface area (Å²) >= 11 is 1.31. The van der Waals surface area contributed by atoms with Crippen molar-refractivity contribution in [3.63, 3.8) is 0 Å². The predicted molar refractivity (Wildman–Crippen MR) is 120 cm³/mol. The SMILES string of the molecule is O=C(Nc1cc(-c2cn(Cc3ccc(-c4nnc(C(F)F)o4)s3)nn2)ccc1O)N1CCOCC1. The van der Waals surface area contributed by atoms with Crippen LogP contribution in [0.2, 0.25) is 0 Å². The van der Waals surface area contributed by atoms with Gasteiger partial charge in [-0.05, 0) is 30.3 Å². The van der Waals surface area contributed by atoms with Crippen LogP contribution in [0.5, 0.6) is 5.75 Å². The van der Waals surface area contributed by atoms with Crippen molar-refractivity contribution in [2.24, 2.45) is 0 Å². The Hall–Kier alpha value is -3.91. The molecule has 14 heteroatoms. The number of thiophene rings is 1. The minimum Gasteiger partial charge on any atom is -0.506 e. The lowest BCUT2D eigenvalue weighted by molar-refractivity contribution is 0.0564. The topological polar surface area (TPSA) is 131 Å². The fourth-order valence-corrected chi connectivity index (χ4v) is 4.35. The molecule has 1 saturated heterocycles. The summed E-state index contributed by atoms with van der Waals surface area (Å²) in [5.74, 6) is -0.748. The van der Waals surface area contributed by atoms with Gasteiger partial charge in [0.2, 0.25) is 0 Å². The van der Waals surface area contributed by atoms with Crippen LogP contribution in [0.3, 0.4) is 0 Å². The minimum absolute atomic E-state index is 0.0339. The van der Waals surface area contributed by atoms with E-state index >= 15 is 0 Å². The molecule has 0 unspecified atom stereocenters. The van der Waals surface area contributed by atoms with E-state index in [0.717, 1.165) is 4.88 Å². The van der Waals surface area contributed by atoms with E-state index in [0.29, 0.717) is 49.0 Å². The first-order chi connectivity index (χ1) is 17.0. The van der Waals surface area contributed by atoms with Gasteiger partial charge in [-0.3, -0.25) is 0 Å². The molecule has 0 radical (unpaired) electrons. The Bertz CT molecular complexity index is 1330. The number of rotatable bonds is 6. The smallest absolute Gasteiger partial charge is 0.322 e. The Morgan fingerprint density at radius 3 is 2.77 bits per heavy atom. The third kappa shape index (κ3) is 5.12. The Balaban J connectivity index is 1.27. The fraction of sp³-hybridized carbons (Fsp3) is 0.286. The average molecular weight is 503 g/mol. The summed E-state index contributed by atoms with van der Waals surface area (Å²) in [6.07, 6.45) is -1.10. The quantitative estimate of drug-likeness (QED) is 0.382. The van der Waals surface area contributed by atoms with Crippen molar-refractivity contribution in [3.8, 4) is 27.8 Å². The van der Waals surface area contributed by atoms with Crippen LogP contribution < -0.4 is 5.32 Å². The van der Waals surface area contributed by atoms with Gasteiger partial charge in [-0.25, -0.2) is 9.48 Å². The molecule has 1 fully saturated rings. The molecule has 0 spiro atoms. The number of aromatic hydroxyl groups is 1. The first-order valence-corrected chi connectivity index (χ1v) is 11.4. The van der Waals surface area contributed by atoms with Crippen molar-refractivity contribution in [2.75, 3.05) is 31.6 Å². The number of aromatic nitrogens is 5. The molecular formula is C21H19F2N7O4S. The molecule has 4 heterocycles. The maximum Gasteiger partial charge on any atom is 0.322 e. The summed E-state index contributed by atoms with van der Waals surface area (Å²) in [5, 5.41) is 28.2. The Kier molecular flexibility index (Phi) is 6.37. The summed E-state index contributed by atoms with van der Waals surface area (Å²) in [7, 11) is 0. The Labute approximate surface area is 200 Å². The van der Waals surface area contributed by atoms with E-state index < -0.39 is 12.3 Å². The zero-order valence-corrected chi connectivity index (χ0v) is 18.9. The number of benzene rings is 1. The predicted octanol–water partition coefficient (Wildman–Crippen LogP) is 3.61. The van der Waals surface area contributed by atoms with E-state index in [1.807, 2.05) is 6.07 Å². The van der Waals surface area contributed by atoms with Gasteiger partial charge in [-0.1, -0.05) is 5.21 Å². The Morgan fingerprint density at radius 2 is 2.00 bits per heavy atom. The number of anilines is 1. The number of carbonyl (C=O) groups is 1. The number of amides is 2.